The molecule has 11 rings (SSSR count). The fourth-order valence-electron chi connectivity index (χ4n) is 8.06. The van der Waals surface area contributed by atoms with Crippen LogP contribution in [0.25, 0.3) is 71.6 Å². The van der Waals surface area contributed by atoms with Gasteiger partial charge in [-0.05, 0) is 41.0 Å². The third-order valence-corrected chi connectivity index (χ3v) is 14.0. The van der Waals surface area contributed by atoms with Gasteiger partial charge in [0.25, 0.3) is 0 Å². The van der Waals surface area contributed by atoms with E-state index in [1.807, 2.05) is 34.0 Å². The average Bonchev–Trinajstić information content (AvgIpc) is 3.89. The Morgan fingerprint density at radius 1 is 0.353 bits per heavy atom. The van der Waals surface area contributed by atoms with Gasteiger partial charge < -0.3 is 0 Å². The molecule has 0 amide bonds. The summed E-state index contributed by atoms with van der Waals surface area (Å²) in [6, 6.07) is 55.7. The third kappa shape index (κ3) is 4.80. The van der Waals surface area contributed by atoms with Crippen molar-refractivity contribution in [1.29, 1.82) is 0 Å². The molecule has 6 heteroatoms. The highest BCUT2D eigenvalue weighted by Crippen LogP contribution is 2.46. The summed E-state index contributed by atoms with van der Waals surface area (Å²) in [6.45, 7) is 0. The molecule has 1 saturated heterocycles. The molecule has 3 nitrogen and oxygen atoms in total. The van der Waals surface area contributed by atoms with Crippen LogP contribution in [0.3, 0.4) is 0 Å². The van der Waals surface area contributed by atoms with E-state index in [1.54, 1.807) is 0 Å². The zero-order valence-electron chi connectivity index (χ0n) is 27.4. The van der Waals surface area contributed by atoms with Gasteiger partial charge in [-0.25, -0.2) is 0 Å². The van der Waals surface area contributed by atoms with Crippen LogP contribution in [0.15, 0.2) is 152 Å². The van der Waals surface area contributed by atoms with E-state index < -0.39 is 0 Å². The lowest BCUT2D eigenvalue weighted by molar-refractivity contribution is 0.204. The molecule has 3 N–H and O–H groups in total. The number of rotatable bonds is 4. The van der Waals surface area contributed by atoms with Gasteiger partial charge in [0.2, 0.25) is 0 Å². The first-order valence-electron chi connectivity index (χ1n) is 17.4. The Morgan fingerprint density at radius 2 is 0.902 bits per heavy atom. The zero-order valence-corrected chi connectivity index (χ0v) is 29.8. The van der Waals surface area contributed by atoms with Crippen molar-refractivity contribution in [3.8, 4) is 11.1 Å². The molecule has 3 aromatic heterocycles. The lowest BCUT2D eigenvalue weighted by Gasteiger charge is -2.40. The molecule has 7 aromatic carbocycles. The molecule has 0 aliphatic carbocycles. The van der Waals surface area contributed by atoms with E-state index in [2.05, 4.69) is 168 Å². The minimum Gasteiger partial charge on any atom is -0.279 e. The molecule has 0 spiro atoms. The fourth-order valence-corrected chi connectivity index (χ4v) is 11.7. The Labute approximate surface area is 306 Å². The Hall–Kier alpha value is -4.92. The van der Waals surface area contributed by atoms with Gasteiger partial charge in [0.05, 0.1) is 18.5 Å². The van der Waals surface area contributed by atoms with Crippen LogP contribution in [0.1, 0.15) is 35.2 Å². The van der Waals surface area contributed by atoms with Crippen LogP contribution in [-0.4, -0.2) is 0 Å². The van der Waals surface area contributed by atoms with E-state index in [0.29, 0.717) is 0 Å². The molecule has 1 aliphatic rings. The highest BCUT2D eigenvalue weighted by Gasteiger charge is 2.31. The van der Waals surface area contributed by atoms with Crippen molar-refractivity contribution in [3.05, 3.63) is 168 Å². The van der Waals surface area contributed by atoms with Gasteiger partial charge in [0.1, 0.15) is 0 Å². The van der Waals surface area contributed by atoms with Gasteiger partial charge >= 0.3 is 0 Å². The van der Waals surface area contributed by atoms with Crippen LogP contribution in [0.2, 0.25) is 0 Å². The maximum Gasteiger partial charge on any atom is 0.0871 e. The zero-order chi connectivity index (χ0) is 33.5. The molecule has 1 aliphatic heterocycles. The van der Waals surface area contributed by atoms with Gasteiger partial charge in [0.15, 0.2) is 0 Å². The van der Waals surface area contributed by atoms with Crippen molar-refractivity contribution >= 4 is 94.5 Å². The average molecular weight is 710 g/mol. The molecule has 4 heterocycles. The largest absolute Gasteiger partial charge is 0.279 e. The molecule has 10 aromatic rings. The lowest BCUT2D eigenvalue weighted by atomic mass is 9.99. The van der Waals surface area contributed by atoms with Gasteiger partial charge in [0, 0.05) is 71.6 Å². The summed E-state index contributed by atoms with van der Waals surface area (Å²) in [5.74, 6) is 0. The Balaban J connectivity index is 1.03. The van der Waals surface area contributed by atoms with Crippen LogP contribution < -0.4 is 16.0 Å². The van der Waals surface area contributed by atoms with E-state index in [9.17, 15) is 0 Å². The summed E-state index contributed by atoms with van der Waals surface area (Å²) in [6.07, 6.45) is -0.160. The summed E-state index contributed by atoms with van der Waals surface area (Å²) < 4.78 is 7.99. The second kappa shape index (κ2) is 11.8. The lowest BCUT2D eigenvalue weighted by Crippen LogP contribution is -2.54. The molecular weight excluding hydrogens is 679 g/mol. The number of nitrogens with one attached hydrogen (secondary N) is 3. The first-order chi connectivity index (χ1) is 25.3. The molecule has 51 heavy (non-hydrogen) atoms. The van der Waals surface area contributed by atoms with Crippen molar-refractivity contribution in [2.45, 2.75) is 18.5 Å². The highest BCUT2D eigenvalue weighted by atomic mass is 32.1. The van der Waals surface area contributed by atoms with Gasteiger partial charge in [-0.3, -0.25) is 16.0 Å². The van der Waals surface area contributed by atoms with Crippen LogP contribution in [-0.2, 0) is 0 Å². The van der Waals surface area contributed by atoms with E-state index >= 15 is 0 Å². The van der Waals surface area contributed by atoms with E-state index in [0.717, 1.165) is 0 Å². The van der Waals surface area contributed by atoms with Gasteiger partial charge in [-0.2, -0.15) is 0 Å². The van der Waals surface area contributed by atoms with E-state index in [4.69, 9.17) is 0 Å². The SMILES string of the molecule is c1ccc(C2NC(c3ccc4c(c3)sc3c(-c5cccc6c5sc5ccccc56)cccc34)NC(c3cccc4sc5ccccc5c34)N2)cc1. The summed E-state index contributed by atoms with van der Waals surface area (Å²) >= 11 is 5.68. The normalized spacial score (nSPS) is 18.2. The van der Waals surface area contributed by atoms with Crippen molar-refractivity contribution in [3.63, 3.8) is 0 Å². The molecule has 0 bridgehead atoms. The fraction of sp³-hybridized carbons (Fsp3) is 0.0667. The molecule has 3 atom stereocenters. The summed E-state index contributed by atoms with van der Waals surface area (Å²) in [7, 11) is 0. The highest BCUT2D eigenvalue weighted by molar-refractivity contribution is 7.27. The van der Waals surface area contributed by atoms with Crippen molar-refractivity contribution < 1.29 is 0 Å². The number of hydrogen-bond donors (Lipinski definition) is 3. The minimum absolute atomic E-state index is 0.0332. The van der Waals surface area contributed by atoms with Gasteiger partial charge in [-0.1, -0.05) is 127 Å². The monoisotopic (exact) mass is 709 g/mol. The van der Waals surface area contributed by atoms with Gasteiger partial charge in [-0.15, -0.1) is 34.0 Å². The summed E-state index contributed by atoms with van der Waals surface area (Å²) in [5, 5.41) is 19.8. The Kier molecular flexibility index (Phi) is 6.90. The number of fused-ring (bicyclic) bond motifs is 9. The standard InChI is InChI=1S/C45H31N3S3/c1-2-11-26(12-3-1)43-46-44(48-45(47-43)35-19-10-22-38-40(35)34-14-5-7-21-37(34)49-38)27-23-24-29-31-16-9-18-33(42(31)51-39(29)25-27)32-17-8-15-30-28-13-4-6-20-36(28)50-41(30)32/h1-25,43-48H. The molecule has 0 saturated carbocycles. The van der Waals surface area contributed by atoms with Crippen LogP contribution in [0.4, 0.5) is 0 Å². The first kappa shape index (κ1) is 29.8. The quantitative estimate of drug-likeness (QED) is 0.170. The predicted octanol–water partition coefficient (Wildman–Crippen LogP) is 12.6. The smallest absolute Gasteiger partial charge is 0.0871 e. The Morgan fingerprint density at radius 3 is 1.67 bits per heavy atom. The predicted molar refractivity (Wildman–Crippen MR) is 221 cm³/mol. The number of thiophene rings is 3. The summed E-state index contributed by atoms with van der Waals surface area (Å²) in [5.41, 5.74) is 6.36. The topological polar surface area (TPSA) is 36.1 Å². The summed E-state index contributed by atoms with van der Waals surface area (Å²) in [4.78, 5) is 0. The first-order valence-corrected chi connectivity index (χ1v) is 19.8. The molecule has 3 unspecified atom stereocenters. The van der Waals surface area contributed by atoms with Crippen molar-refractivity contribution in [2.24, 2.45) is 0 Å². The second-order valence-corrected chi connectivity index (χ2v) is 16.5. The maximum absolute atomic E-state index is 3.99. The molecule has 1 fully saturated rings. The molecule has 0 radical (unpaired) electrons. The van der Waals surface area contributed by atoms with E-state index in [-0.39, 0.29) is 18.5 Å². The van der Waals surface area contributed by atoms with Crippen molar-refractivity contribution in [1.82, 2.24) is 16.0 Å². The Bertz CT molecular complexity index is 2940. The molecular formula is C45H31N3S3. The van der Waals surface area contributed by atoms with Crippen LogP contribution >= 0.6 is 34.0 Å². The third-order valence-electron chi connectivity index (χ3n) is 10.4. The minimum atomic E-state index is -0.0667. The van der Waals surface area contributed by atoms with E-state index in [1.165, 1.54) is 88.3 Å². The van der Waals surface area contributed by atoms with Crippen LogP contribution in [0.5, 0.6) is 0 Å². The van der Waals surface area contributed by atoms with Crippen LogP contribution in [0, 0.1) is 0 Å². The second-order valence-electron chi connectivity index (χ2n) is 13.3. The van der Waals surface area contributed by atoms with Crippen molar-refractivity contribution in [2.75, 3.05) is 0 Å². The number of benzene rings is 7. The number of hydrogen-bond acceptors (Lipinski definition) is 6. The molecule has 244 valence electrons. The maximum atomic E-state index is 3.99.